The Bertz CT molecular complexity index is 390. The van der Waals surface area contributed by atoms with E-state index in [0.29, 0.717) is 0 Å². The van der Waals surface area contributed by atoms with Crippen LogP contribution in [0.15, 0.2) is 22.8 Å². The van der Waals surface area contributed by atoms with Gasteiger partial charge >= 0.3 is 0 Å². The van der Waals surface area contributed by atoms with E-state index < -0.39 is 0 Å². The van der Waals surface area contributed by atoms with Crippen LogP contribution in [-0.4, -0.2) is 23.5 Å². The number of hydrogen-bond acceptors (Lipinski definition) is 3. The van der Waals surface area contributed by atoms with Gasteiger partial charge in [-0.15, -0.1) is 0 Å². The summed E-state index contributed by atoms with van der Waals surface area (Å²) in [5.74, 6) is 1.96. The Hall–Kier alpha value is -0.800. The molecule has 0 amide bonds. The van der Waals surface area contributed by atoms with Gasteiger partial charge in [0.2, 0.25) is 0 Å². The fourth-order valence-corrected chi connectivity index (χ4v) is 4.01. The quantitative estimate of drug-likeness (QED) is 0.767. The summed E-state index contributed by atoms with van der Waals surface area (Å²) in [6, 6.07) is 4.05. The van der Waals surface area contributed by atoms with E-state index in [0.717, 1.165) is 31.3 Å². The standard InChI is InChI=1S/C18H32N2O/c1-3-7-16-8-5-11-18(15-19,12-10-16)20(4-2)14-17-9-6-13-21-17/h6,9,13,16H,3-5,7-8,10-12,14-15,19H2,1-2H3. The topological polar surface area (TPSA) is 42.4 Å². The summed E-state index contributed by atoms with van der Waals surface area (Å²) in [7, 11) is 0. The van der Waals surface area contributed by atoms with Crippen LogP contribution in [-0.2, 0) is 6.54 Å². The molecule has 120 valence electrons. The Morgan fingerprint density at radius 2 is 2.19 bits per heavy atom. The summed E-state index contributed by atoms with van der Waals surface area (Å²) in [4.78, 5) is 2.56. The number of furan rings is 1. The first-order valence-corrected chi connectivity index (χ1v) is 8.71. The number of nitrogens with zero attached hydrogens (tertiary/aromatic N) is 1. The van der Waals surface area contributed by atoms with E-state index in [9.17, 15) is 0 Å². The third-order valence-electron chi connectivity index (χ3n) is 5.33. The largest absolute Gasteiger partial charge is 0.468 e. The molecular weight excluding hydrogens is 260 g/mol. The van der Waals surface area contributed by atoms with E-state index in [4.69, 9.17) is 10.2 Å². The summed E-state index contributed by atoms with van der Waals surface area (Å²) in [5.41, 5.74) is 6.43. The average molecular weight is 292 g/mol. The molecule has 1 aliphatic carbocycles. The molecule has 1 aromatic heterocycles. The maximum atomic E-state index is 6.26. The molecule has 1 aliphatic rings. The highest BCUT2D eigenvalue weighted by molar-refractivity contribution is 5.01. The van der Waals surface area contributed by atoms with Gasteiger partial charge in [0, 0.05) is 12.1 Å². The summed E-state index contributed by atoms with van der Waals surface area (Å²) >= 11 is 0. The first-order chi connectivity index (χ1) is 10.2. The Labute approximate surface area is 129 Å². The van der Waals surface area contributed by atoms with Crippen LogP contribution < -0.4 is 5.73 Å². The second-order valence-electron chi connectivity index (χ2n) is 6.61. The molecule has 0 aromatic carbocycles. The van der Waals surface area contributed by atoms with E-state index in [1.165, 1.54) is 44.9 Å². The molecular formula is C18H32N2O. The van der Waals surface area contributed by atoms with E-state index >= 15 is 0 Å². The molecule has 3 heteroatoms. The summed E-state index contributed by atoms with van der Waals surface area (Å²) < 4.78 is 5.55. The molecule has 21 heavy (non-hydrogen) atoms. The highest BCUT2D eigenvalue weighted by Crippen LogP contribution is 2.36. The van der Waals surface area contributed by atoms with E-state index in [1.54, 1.807) is 6.26 Å². The molecule has 3 nitrogen and oxygen atoms in total. The van der Waals surface area contributed by atoms with Gasteiger partial charge in [-0.05, 0) is 43.9 Å². The smallest absolute Gasteiger partial charge is 0.117 e. The van der Waals surface area contributed by atoms with Crippen molar-refractivity contribution in [2.24, 2.45) is 11.7 Å². The number of hydrogen-bond donors (Lipinski definition) is 1. The van der Waals surface area contributed by atoms with Gasteiger partial charge < -0.3 is 10.2 Å². The second-order valence-corrected chi connectivity index (χ2v) is 6.61. The van der Waals surface area contributed by atoms with Crippen LogP contribution in [0.25, 0.3) is 0 Å². The van der Waals surface area contributed by atoms with Crippen molar-refractivity contribution in [1.29, 1.82) is 0 Å². The highest BCUT2D eigenvalue weighted by Gasteiger charge is 2.36. The Morgan fingerprint density at radius 1 is 1.33 bits per heavy atom. The normalized spacial score (nSPS) is 27.0. The average Bonchev–Trinajstić information content (AvgIpc) is 2.93. The van der Waals surface area contributed by atoms with Crippen molar-refractivity contribution in [2.45, 2.75) is 70.9 Å². The molecule has 0 saturated heterocycles. The molecule has 0 radical (unpaired) electrons. The minimum atomic E-state index is 0.171. The second kappa shape index (κ2) is 8.00. The van der Waals surface area contributed by atoms with Crippen molar-refractivity contribution in [3.63, 3.8) is 0 Å². The SMILES string of the molecule is CCCC1CCCC(CN)(N(CC)Cc2ccco2)CC1. The third kappa shape index (κ3) is 4.10. The Morgan fingerprint density at radius 3 is 2.81 bits per heavy atom. The van der Waals surface area contributed by atoms with Gasteiger partial charge in [-0.2, -0.15) is 0 Å². The first kappa shape index (κ1) is 16.6. The maximum absolute atomic E-state index is 6.26. The summed E-state index contributed by atoms with van der Waals surface area (Å²) in [6.45, 7) is 7.24. The van der Waals surface area contributed by atoms with Gasteiger partial charge in [0.05, 0.1) is 12.8 Å². The number of likely N-dealkylation sites (N-methyl/N-ethyl adjacent to an activating group) is 1. The Kier molecular flexibility index (Phi) is 6.31. The van der Waals surface area contributed by atoms with Crippen molar-refractivity contribution in [2.75, 3.05) is 13.1 Å². The van der Waals surface area contributed by atoms with Crippen LogP contribution in [0.4, 0.5) is 0 Å². The molecule has 2 atom stereocenters. The van der Waals surface area contributed by atoms with Gasteiger partial charge in [-0.1, -0.05) is 39.5 Å². The molecule has 1 heterocycles. The van der Waals surface area contributed by atoms with E-state index in [1.807, 2.05) is 6.07 Å². The predicted octanol–water partition coefficient (Wildman–Crippen LogP) is 4.18. The van der Waals surface area contributed by atoms with Gasteiger partial charge in [0.15, 0.2) is 0 Å². The van der Waals surface area contributed by atoms with Crippen LogP contribution in [0.1, 0.15) is 64.6 Å². The van der Waals surface area contributed by atoms with Gasteiger partial charge in [-0.3, -0.25) is 4.90 Å². The van der Waals surface area contributed by atoms with Crippen molar-refractivity contribution < 1.29 is 4.42 Å². The monoisotopic (exact) mass is 292 g/mol. The lowest BCUT2D eigenvalue weighted by molar-refractivity contribution is 0.0676. The summed E-state index contributed by atoms with van der Waals surface area (Å²) in [6.07, 6.45) is 11.0. The lowest BCUT2D eigenvalue weighted by Gasteiger charge is -2.42. The van der Waals surface area contributed by atoms with Gasteiger partial charge in [-0.25, -0.2) is 0 Å². The summed E-state index contributed by atoms with van der Waals surface area (Å²) in [5, 5.41) is 0. The molecule has 2 unspecified atom stereocenters. The number of nitrogens with two attached hydrogens (primary N) is 1. The van der Waals surface area contributed by atoms with Crippen LogP contribution in [0.3, 0.4) is 0 Å². The fraction of sp³-hybridized carbons (Fsp3) is 0.778. The third-order valence-corrected chi connectivity index (χ3v) is 5.33. The van der Waals surface area contributed by atoms with Crippen LogP contribution in [0, 0.1) is 5.92 Å². The molecule has 0 aliphatic heterocycles. The minimum Gasteiger partial charge on any atom is -0.468 e. The molecule has 1 aromatic rings. The van der Waals surface area contributed by atoms with E-state index in [-0.39, 0.29) is 5.54 Å². The maximum Gasteiger partial charge on any atom is 0.117 e. The molecule has 0 bridgehead atoms. The van der Waals surface area contributed by atoms with Crippen LogP contribution in [0.5, 0.6) is 0 Å². The molecule has 2 rings (SSSR count). The Balaban J connectivity index is 2.07. The lowest BCUT2D eigenvalue weighted by Crippen LogP contribution is -2.53. The van der Waals surface area contributed by atoms with Crippen LogP contribution in [0.2, 0.25) is 0 Å². The zero-order valence-electron chi connectivity index (χ0n) is 13.8. The molecule has 0 spiro atoms. The van der Waals surface area contributed by atoms with Crippen molar-refractivity contribution in [3.8, 4) is 0 Å². The van der Waals surface area contributed by atoms with Crippen molar-refractivity contribution in [1.82, 2.24) is 4.90 Å². The van der Waals surface area contributed by atoms with Crippen molar-refractivity contribution in [3.05, 3.63) is 24.2 Å². The first-order valence-electron chi connectivity index (χ1n) is 8.71. The highest BCUT2D eigenvalue weighted by atomic mass is 16.3. The number of rotatable bonds is 7. The van der Waals surface area contributed by atoms with E-state index in [2.05, 4.69) is 24.8 Å². The predicted molar refractivity (Wildman–Crippen MR) is 88.1 cm³/mol. The van der Waals surface area contributed by atoms with Gasteiger partial charge in [0.1, 0.15) is 5.76 Å². The minimum absolute atomic E-state index is 0.171. The molecule has 1 fully saturated rings. The van der Waals surface area contributed by atoms with Crippen molar-refractivity contribution >= 4 is 0 Å². The lowest BCUT2D eigenvalue weighted by atomic mass is 9.87. The fourth-order valence-electron chi connectivity index (χ4n) is 4.01. The zero-order chi connectivity index (χ0) is 15.1. The molecule has 1 saturated carbocycles. The van der Waals surface area contributed by atoms with Gasteiger partial charge in [0.25, 0.3) is 0 Å². The zero-order valence-corrected chi connectivity index (χ0v) is 13.8. The molecule has 2 N–H and O–H groups in total. The van der Waals surface area contributed by atoms with Crippen LogP contribution >= 0.6 is 0 Å².